The Morgan fingerprint density at radius 1 is 1.46 bits per heavy atom. The zero-order chi connectivity index (χ0) is 18.8. The Hall–Kier alpha value is -2.05. The zero-order valence-electron chi connectivity index (χ0n) is 15.9. The molecule has 26 heavy (non-hydrogen) atoms. The molecule has 0 amide bonds. The molecule has 0 aliphatic carbocycles. The highest BCUT2D eigenvalue weighted by molar-refractivity contribution is 5.80. The first-order chi connectivity index (χ1) is 12.7. The summed E-state index contributed by atoms with van der Waals surface area (Å²) in [5, 5.41) is 17.2. The number of hydrogen-bond donors (Lipinski definition) is 3. The largest absolute Gasteiger partial charge is 0.497 e. The highest BCUT2D eigenvalue weighted by atomic mass is 16.5. The van der Waals surface area contributed by atoms with E-state index in [1.54, 1.807) is 7.11 Å². The Morgan fingerprint density at radius 3 is 2.88 bits per heavy atom. The molecule has 0 bridgehead atoms. The number of piperidine rings is 1. The van der Waals surface area contributed by atoms with E-state index in [1.165, 1.54) is 0 Å². The second kappa shape index (κ2) is 10.8. The molecule has 2 rings (SSSR count). The van der Waals surface area contributed by atoms with Crippen molar-refractivity contribution in [2.45, 2.75) is 31.9 Å². The van der Waals surface area contributed by atoms with E-state index in [0.29, 0.717) is 12.6 Å². The summed E-state index contributed by atoms with van der Waals surface area (Å²) in [5.74, 6) is 1.50. The topological polar surface area (TPSA) is 69.1 Å². The lowest BCUT2D eigenvalue weighted by atomic mass is 10.1. The molecule has 1 heterocycles. The summed E-state index contributed by atoms with van der Waals surface area (Å²) in [7, 11) is 1.62. The van der Waals surface area contributed by atoms with E-state index in [-0.39, 0.29) is 0 Å². The lowest BCUT2D eigenvalue weighted by Crippen LogP contribution is -2.48. The average molecular weight is 361 g/mol. The van der Waals surface area contributed by atoms with E-state index in [0.717, 1.165) is 56.3 Å². The fourth-order valence-electron chi connectivity index (χ4n) is 3.09. The predicted molar refractivity (Wildman–Crippen MR) is 107 cm³/mol. The van der Waals surface area contributed by atoms with Crippen molar-refractivity contribution in [3.63, 3.8) is 0 Å². The first kappa shape index (κ1) is 20.3. The third-order valence-corrected chi connectivity index (χ3v) is 4.56. The molecule has 1 aliphatic rings. The van der Waals surface area contributed by atoms with Gasteiger partial charge >= 0.3 is 0 Å². The molecule has 1 fully saturated rings. The molecule has 0 spiro atoms. The van der Waals surface area contributed by atoms with Crippen molar-refractivity contribution < 1.29 is 9.84 Å². The molecule has 6 nitrogen and oxygen atoms in total. The zero-order valence-corrected chi connectivity index (χ0v) is 15.9. The van der Waals surface area contributed by atoms with E-state index in [4.69, 9.17) is 4.74 Å². The third-order valence-electron chi connectivity index (χ3n) is 4.56. The number of aliphatic hydroxyl groups excluding tert-OH is 1. The maximum atomic E-state index is 10.4. The van der Waals surface area contributed by atoms with Crippen LogP contribution in [-0.2, 0) is 0 Å². The van der Waals surface area contributed by atoms with Gasteiger partial charge in [-0.15, -0.1) is 6.58 Å². The number of aliphatic hydroxyl groups is 1. The van der Waals surface area contributed by atoms with Gasteiger partial charge in [-0.1, -0.05) is 18.2 Å². The Bertz CT molecular complexity index is 583. The Morgan fingerprint density at radius 2 is 2.23 bits per heavy atom. The maximum absolute atomic E-state index is 10.4. The van der Waals surface area contributed by atoms with Gasteiger partial charge in [-0.3, -0.25) is 9.89 Å². The molecular formula is C20H32N4O2. The first-order valence-corrected chi connectivity index (χ1v) is 9.36. The van der Waals surface area contributed by atoms with Crippen molar-refractivity contribution in [3.05, 3.63) is 42.5 Å². The number of ether oxygens (including phenoxy) is 1. The number of benzene rings is 1. The highest BCUT2D eigenvalue weighted by Crippen LogP contribution is 2.19. The average Bonchev–Trinajstić information content (AvgIpc) is 2.67. The smallest absolute Gasteiger partial charge is 0.191 e. The van der Waals surface area contributed by atoms with Gasteiger partial charge in [0.1, 0.15) is 5.75 Å². The van der Waals surface area contributed by atoms with Gasteiger partial charge in [-0.05, 0) is 37.5 Å². The molecule has 1 unspecified atom stereocenters. The van der Waals surface area contributed by atoms with Crippen LogP contribution in [0, 0.1) is 0 Å². The number of aliphatic imine (C=N–C) groups is 1. The molecule has 144 valence electrons. The minimum atomic E-state index is -0.657. The second-order valence-electron chi connectivity index (χ2n) is 6.52. The van der Waals surface area contributed by atoms with Crippen molar-refractivity contribution in [3.8, 4) is 5.75 Å². The van der Waals surface area contributed by atoms with E-state index in [9.17, 15) is 5.11 Å². The van der Waals surface area contributed by atoms with Crippen molar-refractivity contribution in [1.82, 2.24) is 15.5 Å². The fourth-order valence-corrected chi connectivity index (χ4v) is 3.09. The van der Waals surface area contributed by atoms with Crippen LogP contribution >= 0.6 is 0 Å². The van der Waals surface area contributed by atoms with Crippen LogP contribution in [0.4, 0.5) is 0 Å². The third kappa shape index (κ3) is 6.35. The molecule has 1 aromatic rings. The van der Waals surface area contributed by atoms with E-state index in [1.807, 2.05) is 37.3 Å². The molecule has 6 heteroatoms. The number of rotatable bonds is 8. The Labute approximate surface area is 157 Å². The minimum absolute atomic E-state index is 0.303. The van der Waals surface area contributed by atoms with Gasteiger partial charge < -0.3 is 20.5 Å². The molecule has 1 aromatic carbocycles. The SMILES string of the molecule is C=CCN1CCC(NC(=NCC(O)c2cccc(OC)c2)NCC)CC1. The van der Waals surface area contributed by atoms with Crippen molar-refractivity contribution in [2.24, 2.45) is 4.99 Å². The standard InChI is InChI=1S/C20H32N4O2/c1-4-11-24-12-9-17(10-13-24)23-20(21-5-2)22-15-19(25)16-7-6-8-18(14-16)26-3/h4,6-8,14,17,19,25H,1,5,9-13,15H2,2-3H3,(H2,21,22,23). The quantitative estimate of drug-likeness (QED) is 0.375. The number of nitrogens with zero attached hydrogens (tertiary/aromatic N) is 2. The number of methoxy groups -OCH3 is 1. The second-order valence-corrected chi connectivity index (χ2v) is 6.52. The van der Waals surface area contributed by atoms with Crippen LogP contribution in [0.3, 0.4) is 0 Å². The molecule has 1 atom stereocenters. The molecular weight excluding hydrogens is 328 g/mol. The monoisotopic (exact) mass is 360 g/mol. The summed E-state index contributed by atoms with van der Waals surface area (Å²) in [5.41, 5.74) is 0.807. The molecule has 3 N–H and O–H groups in total. The summed E-state index contributed by atoms with van der Waals surface area (Å²) in [4.78, 5) is 6.97. The summed E-state index contributed by atoms with van der Waals surface area (Å²) in [6.45, 7) is 10.0. The van der Waals surface area contributed by atoms with Crippen LogP contribution in [-0.4, -0.2) is 61.8 Å². The fraction of sp³-hybridized carbons (Fsp3) is 0.550. The maximum Gasteiger partial charge on any atom is 0.191 e. The predicted octanol–water partition coefficient (Wildman–Crippen LogP) is 1.93. The molecule has 0 aromatic heterocycles. The summed E-state index contributed by atoms with van der Waals surface area (Å²) in [6.07, 6.45) is 3.46. The molecule has 1 aliphatic heterocycles. The van der Waals surface area contributed by atoms with Crippen LogP contribution in [0.25, 0.3) is 0 Å². The summed E-state index contributed by atoms with van der Waals surface area (Å²) >= 11 is 0. The molecule has 1 saturated heterocycles. The van der Waals surface area contributed by atoms with Gasteiger partial charge in [0, 0.05) is 32.2 Å². The minimum Gasteiger partial charge on any atom is -0.497 e. The van der Waals surface area contributed by atoms with Gasteiger partial charge in [0.25, 0.3) is 0 Å². The lowest BCUT2D eigenvalue weighted by Gasteiger charge is -2.32. The van der Waals surface area contributed by atoms with Gasteiger partial charge in [0.05, 0.1) is 19.8 Å². The number of likely N-dealkylation sites (tertiary alicyclic amines) is 1. The summed E-state index contributed by atoms with van der Waals surface area (Å²) < 4.78 is 5.21. The number of guanidine groups is 1. The van der Waals surface area contributed by atoms with Crippen LogP contribution < -0.4 is 15.4 Å². The summed E-state index contributed by atoms with van der Waals surface area (Å²) in [6, 6.07) is 7.88. The van der Waals surface area contributed by atoms with Crippen LogP contribution in [0.5, 0.6) is 5.75 Å². The van der Waals surface area contributed by atoms with Gasteiger partial charge in [0.2, 0.25) is 0 Å². The normalized spacial score (nSPS) is 17.6. The highest BCUT2D eigenvalue weighted by Gasteiger charge is 2.19. The van der Waals surface area contributed by atoms with E-state index >= 15 is 0 Å². The van der Waals surface area contributed by atoms with Crippen molar-refractivity contribution in [1.29, 1.82) is 0 Å². The van der Waals surface area contributed by atoms with Gasteiger partial charge in [-0.2, -0.15) is 0 Å². The van der Waals surface area contributed by atoms with E-state index in [2.05, 4.69) is 27.1 Å². The Balaban J connectivity index is 1.90. The first-order valence-electron chi connectivity index (χ1n) is 9.36. The van der Waals surface area contributed by atoms with Gasteiger partial charge in [0.15, 0.2) is 5.96 Å². The number of nitrogens with one attached hydrogen (secondary N) is 2. The Kier molecular flexibility index (Phi) is 8.44. The number of hydrogen-bond acceptors (Lipinski definition) is 4. The van der Waals surface area contributed by atoms with Crippen LogP contribution in [0.1, 0.15) is 31.4 Å². The van der Waals surface area contributed by atoms with Crippen molar-refractivity contribution >= 4 is 5.96 Å². The lowest BCUT2D eigenvalue weighted by molar-refractivity contribution is 0.186. The molecule has 0 saturated carbocycles. The van der Waals surface area contributed by atoms with E-state index < -0.39 is 6.10 Å². The van der Waals surface area contributed by atoms with Crippen LogP contribution in [0.2, 0.25) is 0 Å². The molecule has 0 radical (unpaired) electrons. The van der Waals surface area contributed by atoms with Gasteiger partial charge in [-0.25, -0.2) is 0 Å². The van der Waals surface area contributed by atoms with Crippen LogP contribution in [0.15, 0.2) is 41.9 Å². The van der Waals surface area contributed by atoms with Crippen molar-refractivity contribution in [2.75, 3.05) is 39.8 Å².